The molecule has 3 rings (SSSR count). The number of carbonyl (C=O) groups excluding carboxylic acids is 2. The smallest absolute Gasteiger partial charge is 0.409 e. The van der Waals surface area contributed by atoms with Crippen LogP contribution < -0.4 is 10.6 Å². The highest BCUT2D eigenvalue weighted by Gasteiger charge is 2.43. The minimum absolute atomic E-state index is 0.167. The number of likely N-dealkylation sites (tertiary alicyclic amines) is 2. The van der Waals surface area contributed by atoms with Gasteiger partial charge in [-0.2, -0.15) is 0 Å². The summed E-state index contributed by atoms with van der Waals surface area (Å²) in [6, 6.07) is 0.518. The number of rotatable bonds is 2. The van der Waals surface area contributed by atoms with E-state index < -0.39 is 0 Å². The second-order valence-corrected chi connectivity index (χ2v) is 6.72. The number of nitrogens with one attached hydrogen (secondary N) is 2. The second kappa shape index (κ2) is 7.05. The van der Waals surface area contributed by atoms with Crippen LogP contribution in [0, 0.1) is 0 Å². The molecule has 0 bridgehead atoms. The third-order valence-corrected chi connectivity index (χ3v) is 5.47. The molecule has 7 nitrogen and oxygen atoms in total. The summed E-state index contributed by atoms with van der Waals surface area (Å²) in [5.41, 5.74) is -0.347. The van der Waals surface area contributed by atoms with Crippen molar-refractivity contribution in [1.82, 2.24) is 20.4 Å². The predicted octanol–water partition coefficient (Wildman–Crippen LogP) is 0.161. The average molecular weight is 324 g/mol. The average Bonchev–Trinajstić information content (AvgIpc) is 2.59. The third kappa shape index (κ3) is 3.45. The molecule has 1 spiro atoms. The van der Waals surface area contributed by atoms with Gasteiger partial charge >= 0.3 is 6.09 Å². The Hall–Kier alpha value is -1.34. The van der Waals surface area contributed by atoms with Crippen molar-refractivity contribution in [3.63, 3.8) is 0 Å². The molecule has 2 N–H and O–H groups in total. The summed E-state index contributed by atoms with van der Waals surface area (Å²) in [6.45, 7) is 7.30. The number of piperazine rings is 1. The maximum Gasteiger partial charge on any atom is 0.409 e. The van der Waals surface area contributed by atoms with Crippen LogP contribution in [0.15, 0.2) is 0 Å². The van der Waals surface area contributed by atoms with Crippen LogP contribution >= 0.6 is 0 Å². The zero-order valence-electron chi connectivity index (χ0n) is 14.0. The largest absolute Gasteiger partial charge is 0.450 e. The first kappa shape index (κ1) is 16.5. The van der Waals surface area contributed by atoms with Crippen LogP contribution in [0.25, 0.3) is 0 Å². The van der Waals surface area contributed by atoms with Gasteiger partial charge in [0.25, 0.3) is 0 Å². The molecule has 3 heterocycles. The maximum atomic E-state index is 12.2. The van der Waals surface area contributed by atoms with Gasteiger partial charge in [-0.3, -0.25) is 4.79 Å². The first-order valence-corrected chi connectivity index (χ1v) is 8.84. The summed E-state index contributed by atoms with van der Waals surface area (Å²) in [7, 11) is 0. The van der Waals surface area contributed by atoms with Gasteiger partial charge in [0.1, 0.15) is 5.54 Å². The van der Waals surface area contributed by atoms with Crippen LogP contribution in [0.4, 0.5) is 4.79 Å². The number of nitrogens with zero attached hydrogens (tertiary/aromatic N) is 2. The second-order valence-electron chi connectivity index (χ2n) is 6.72. The molecule has 3 aliphatic rings. The first-order chi connectivity index (χ1) is 11.1. The molecule has 0 aliphatic carbocycles. The summed E-state index contributed by atoms with van der Waals surface area (Å²) in [6.07, 6.45) is 3.54. The van der Waals surface area contributed by atoms with Crippen LogP contribution in [-0.2, 0) is 9.53 Å². The van der Waals surface area contributed by atoms with Gasteiger partial charge < -0.3 is 25.2 Å². The Morgan fingerprint density at radius 3 is 2.52 bits per heavy atom. The predicted molar refractivity (Wildman–Crippen MR) is 86.2 cm³/mol. The molecular formula is C16H28N4O3. The number of amides is 2. The number of hydrogen-bond donors (Lipinski definition) is 2. The Morgan fingerprint density at radius 2 is 1.91 bits per heavy atom. The summed E-state index contributed by atoms with van der Waals surface area (Å²) >= 11 is 0. The zero-order chi connectivity index (χ0) is 16.3. The third-order valence-electron chi connectivity index (χ3n) is 5.47. The molecule has 3 fully saturated rings. The summed E-state index contributed by atoms with van der Waals surface area (Å²) in [4.78, 5) is 28.2. The lowest BCUT2D eigenvalue weighted by Crippen LogP contribution is -2.67. The molecule has 0 aromatic heterocycles. The van der Waals surface area contributed by atoms with Crippen LogP contribution in [0.2, 0.25) is 0 Å². The lowest BCUT2D eigenvalue weighted by molar-refractivity contribution is -0.131. The molecular weight excluding hydrogens is 296 g/mol. The van der Waals surface area contributed by atoms with Crippen molar-refractivity contribution >= 4 is 12.0 Å². The van der Waals surface area contributed by atoms with E-state index >= 15 is 0 Å². The van der Waals surface area contributed by atoms with Crippen LogP contribution in [-0.4, -0.2) is 79.3 Å². The van der Waals surface area contributed by atoms with Gasteiger partial charge in [0.05, 0.1) is 6.61 Å². The van der Waals surface area contributed by atoms with Crippen molar-refractivity contribution in [3.05, 3.63) is 0 Å². The molecule has 130 valence electrons. The lowest BCUT2D eigenvalue weighted by Gasteiger charge is -2.47. The Balaban J connectivity index is 1.48. The zero-order valence-corrected chi connectivity index (χ0v) is 14.0. The van der Waals surface area contributed by atoms with Gasteiger partial charge in [-0.25, -0.2) is 4.79 Å². The number of carbonyl (C=O) groups is 2. The van der Waals surface area contributed by atoms with Crippen molar-refractivity contribution in [2.75, 3.05) is 45.9 Å². The minimum atomic E-state index is -0.347. The maximum absolute atomic E-state index is 12.2. The molecule has 0 atom stereocenters. The van der Waals surface area contributed by atoms with Crippen molar-refractivity contribution in [3.8, 4) is 0 Å². The molecule has 2 amide bonds. The normalized spacial score (nSPS) is 26.1. The van der Waals surface area contributed by atoms with E-state index in [1.54, 1.807) is 0 Å². The Bertz CT molecular complexity index is 441. The molecule has 3 saturated heterocycles. The molecule has 0 aromatic rings. The van der Waals surface area contributed by atoms with E-state index in [4.69, 9.17) is 4.74 Å². The van der Waals surface area contributed by atoms with Gasteiger partial charge in [-0.15, -0.1) is 0 Å². The number of piperidine rings is 2. The lowest BCUT2D eigenvalue weighted by atomic mass is 9.84. The molecule has 7 heteroatoms. The van der Waals surface area contributed by atoms with Gasteiger partial charge in [0.2, 0.25) is 5.91 Å². The highest BCUT2D eigenvalue weighted by atomic mass is 16.6. The fourth-order valence-corrected chi connectivity index (χ4v) is 4.03. The van der Waals surface area contributed by atoms with E-state index in [9.17, 15) is 9.59 Å². The van der Waals surface area contributed by atoms with Gasteiger partial charge in [-0.05, 0) is 32.6 Å². The van der Waals surface area contributed by atoms with Gasteiger partial charge in [0.15, 0.2) is 0 Å². The molecule has 3 aliphatic heterocycles. The van der Waals surface area contributed by atoms with Gasteiger partial charge in [0, 0.05) is 45.3 Å². The van der Waals surface area contributed by atoms with E-state index in [0.29, 0.717) is 12.6 Å². The minimum Gasteiger partial charge on any atom is -0.450 e. The first-order valence-electron chi connectivity index (χ1n) is 8.84. The van der Waals surface area contributed by atoms with E-state index in [0.717, 1.165) is 65.0 Å². The molecule has 0 radical (unpaired) electrons. The summed E-state index contributed by atoms with van der Waals surface area (Å²) in [5, 5.41) is 6.42. The van der Waals surface area contributed by atoms with E-state index in [1.807, 2.05) is 11.8 Å². The van der Waals surface area contributed by atoms with Crippen molar-refractivity contribution in [2.45, 2.75) is 44.2 Å². The van der Waals surface area contributed by atoms with E-state index in [1.165, 1.54) is 0 Å². The van der Waals surface area contributed by atoms with Crippen molar-refractivity contribution in [2.24, 2.45) is 0 Å². The summed E-state index contributed by atoms with van der Waals surface area (Å²) < 4.78 is 5.07. The molecule has 23 heavy (non-hydrogen) atoms. The fraction of sp³-hybridized carbons (Fsp3) is 0.875. The highest BCUT2D eigenvalue weighted by Crippen LogP contribution is 2.28. The fourth-order valence-electron chi connectivity index (χ4n) is 4.03. The Labute approximate surface area is 137 Å². The van der Waals surface area contributed by atoms with Gasteiger partial charge in [-0.1, -0.05) is 0 Å². The van der Waals surface area contributed by atoms with Crippen molar-refractivity contribution < 1.29 is 14.3 Å². The molecule has 0 aromatic carbocycles. The highest BCUT2D eigenvalue weighted by molar-refractivity contribution is 5.87. The van der Waals surface area contributed by atoms with E-state index in [2.05, 4.69) is 15.5 Å². The van der Waals surface area contributed by atoms with Crippen LogP contribution in [0.1, 0.15) is 32.6 Å². The SMILES string of the molecule is CCOC(=O)N1CCC(N2CCC3(CC2)NCCNC3=O)CC1. The number of ether oxygens (including phenoxy) is 1. The topological polar surface area (TPSA) is 73.9 Å². The Kier molecular flexibility index (Phi) is 5.06. The van der Waals surface area contributed by atoms with Crippen LogP contribution in [0.5, 0.6) is 0 Å². The quantitative estimate of drug-likeness (QED) is 0.757. The summed E-state index contributed by atoms with van der Waals surface area (Å²) in [5.74, 6) is 0.167. The van der Waals surface area contributed by atoms with Crippen molar-refractivity contribution in [1.29, 1.82) is 0 Å². The van der Waals surface area contributed by atoms with Crippen LogP contribution in [0.3, 0.4) is 0 Å². The standard InChI is InChI=1S/C16H28N4O3/c1-2-23-15(22)20-9-3-13(4-10-20)19-11-5-16(6-12-19)14(21)17-7-8-18-16/h13,18H,2-12H2,1H3,(H,17,21). The Morgan fingerprint density at radius 1 is 1.22 bits per heavy atom. The molecule has 0 unspecified atom stereocenters. The van der Waals surface area contributed by atoms with E-state index in [-0.39, 0.29) is 17.5 Å². The molecule has 0 saturated carbocycles. The number of hydrogen-bond acceptors (Lipinski definition) is 5. The monoisotopic (exact) mass is 324 g/mol.